The van der Waals surface area contributed by atoms with Crippen molar-refractivity contribution in [3.05, 3.63) is 65.5 Å². The lowest BCUT2D eigenvalue weighted by Gasteiger charge is -2.27. The number of β-amino-alcohol motifs (C(OH)–C–C–N with tert-alkyl or cyclic N) is 1. The van der Waals surface area contributed by atoms with E-state index in [9.17, 15) is 9.50 Å². The quantitative estimate of drug-likeness (QED) is 0.921. The summed E-state index contributed by atoms with van der Waals surface area (Å²) >= 11 is 0. The van der Waals surface area contributed by atoms with E-state index in [4.69, 9.17) is 5.26 Å². The number of benzene rings is 2. The van der Waals surface area contributed by atoms with Gasteiger partial charge in [0.25, 0.3) is 0 Å². The fourth-order valence-corrected chi connectivity index (χ4v) is 2.83. The van der Waals surface area contributed by atoms with Crippen molar-refractivity contribution in [1.29, 1.82) is 5.26 Å². The molecule has 2 aromatic rings. The van der Waals surface area contributed by atoms with Crippen molar-refractivity contribution in [1.82, 2.24) is 0 Å². The second-order valence-corrected chi connectivity index (χ2v) is 5.27. The van der Waals surface area contributed by atoms with Gasteiger partial charge < -0.3 is 10.0 Å². The Bertz CT molecular complexity index is 661. The number of hydrogen-bond donors (Lipinski definition) is 1. The van der Waals surface area contributed by atoms with Gasteiger partial charge in [-0.15, -0.1) is 0 Å². The highest BCUT2D eigenvalue weighted by atomic mass is 19.1. The van der Waals surface area contributed by atoms with Crippen LogP contribution in [0.15, 0.2) is 48.5 Å². The van der Waals surface area contributed by atoms with Gasteiger partial charge in [0.2, 0.25) is 0 Å². The van der Waals surface area contributed by atoms with E-state index in [1.165, 1.54) is 12.1 Å². The third-order valence-electron chi connectivity index (χ3n) is 3.86. The highest BCUT2D eigenvalue weighted by Gasteiger charge is 2.32. The van der Waals surface area contributed by atoms with E-state index in [1.54, 1.807) is 24.3 Å². The van der Waals surface area contributed by atoms with Crippen LogP contribution >= 0.6 is 0 Å². The van der Waals surface area contributed by atoms with E-state index < -0.39 is 6.10 Å². The molecule has 1 fully saturated rings. The predicted molar refractivity (Wildman–Crippen MR) is 78.3 cm³/mol. The van der Waals surface area contributed by atoms with Gasteiger partial charge in [0.1, 0.15) is 5.82 Å². The molecule has 0 spiro atoms. The summed E-state index contributed by atoms with van der Waals surface area (Å²) in [6.45, 7) is 0.536. The van der Waals surface area contributed by atoms with E-state index in [-0.39, 0.29) is 11.9 Å². The second kappa shape index (κ2) is 5.55. The zero-order valence-electron chi connectivity index (χ0n) is 11.4. The van der Waals surface area contributed by atoms with Gasteiger partial charge in [0, 0.05) is 12.2 Å². The Balaban J connectivity index is 1.91. The first-order chi connectivity index (χ1) is 10.2. The number of nitrogens with zero attached hydrogens (tertiary/aromatic N) is 2. The van der Waals surface area contributed by atoms with Gasteiger partial charge in [0.15, 0.2) is 0 Å². The number of anilines is 1. The number of aliphatic hydroxyl groups excluding tert-OH is 1. The Morgan fingerprint density at radius 1 is 1.10 bits per heavy atom. The Labute approximate surface area is 122 Å². The highest BCUT2D eigenvalue weighted by molar-refractivity contribution is 5.53. The molecule has 0 aromatic heterocycles. The molecular formula is C17H15FN2O. The summed E-state index contributed by atoms with van der Waals surface area (Å²) < 4.78 is 13.1. The van der Waals surface area contributed by atoms with Crippen LogP contribution in [0.2, 0.25) is 0 Å². The van der Waals surface area contributed by atoms with Crippen molar-refractivity contribution in [2.45, 2.75) is 18.6 Å². The van der Waals surface area contributed by atoms with Crippen molar-refractivity contribution < 1.29 is 9.50 Å². The average molecular weight is 282 g/mol. The normalized spacial score (nSPS) is 21.3. The summed E-state index contributed by atoms with van der Waals surface area (Å²) in [7, 11) is 0. The van der Waals surface area contributed by atoms with Gasteiger partial charge >= 0.3 is 0 Å². The summed E-state index contributed by atoms with van der Waals surface area (Å²) in [5.74, 6) is -0.262. The van der Waals surface area contributed by atoms with E-state index in [1.807, 2.05) is 12.1 Å². The molecule has 0 bridgehead atoms. The Morgan fingerprint density at radius 2 is 1.76 bits per heavy atom. The molecule has 0 radical (unpaired) electrons. The van der Waals surface area contributed by atoms with E-state index in [0.29, 0.717) is 18.5 Å². The van der Waals surface area contributed by atoms with Crippen LogP contribution in [0.3, 0.4) is 0 Å². The molecule has 2 aromatic carbocycles. The number of nitriles is 1. The zero-order valence-corrected chi connectivity index (χ0v) is 11.4. The minimum atomic E-state index is -0.407. The van der Waals surface area contributed by atoms with Crippen LogP contribution in [-0.4, -0.2) is 17.8 Å². The Hall–Kier alpha value is -2.38. The Morgan fingerprint density at radius 3 is 2.38 bits per heavy atom. The molecule has 1 N–H and O–H groups in total. The molecule has 0 aliphatic carbocycles. The van der Waals surface area contributed by atoms with Gasteiger partial charge in [-0.3, -0.25) is 0 Å². The Kier molecular flexibility index (Phi) is 3.59. The summed E-state index contributed by atoms with van der Waals surface area (Å²) in [5, 5.41) is 18.8. The van der Waals surface area contributed by atoms with Crippen LogP contribution < -0.4 is 4.90 Å². The number of rotatable bonds is 2. The predicted octanol–water partition coefficient (Wildman–Crippen LogP) is 3.01. The molecule has 1 aliphatic heterocycles. The minimum absolute atomic E-state index is 0.0218. The van der Waals surface area contributed by atoms with Crippen LogP contribution in [0.4, 0.5) is 10.1 Å². The van der Waals surface area contributed by atoms with E-state index >= 15 is 0 Å². The molecule has 21 heavy (non-hydrogen) atoms. The summed E-state index contributed by atoms with van der Waals surface area (Å²) in [4.78, 5) is 2.10. The van der Waals surface area contributed by atoms with Gasteiger partial charge in [0.05, 0.1) is 23.8 Å². The fraction of sp³-hybridized carbons (Fsp3) is 0.235. The number of halogens is 1. The monoisotopic (exact) mass is 282 g/mol. The fourth-order valence-electron chi connectivity index (χ4n) is 2.83. The molecule has 0 amide bonds. The molecule has 1 aliphatic rings. The number of hydrogen-bond acceptors (Lipinski definition) is 3. The zero-order chi connectivity index (χ0) is 14.8. The minimum Gasteiger partial charge on any atom is -0.391 e. The molecule has 1 heterocycles. The van der Waals surface area contributed by atoms with Crippen LogP contribution in [0, 0.1) is 17.1 Å². The van der Waals surface area contributed by atoms with Crippen molar-refractivity contribution in [2.75, 3.05) is 11.4 Å². The van der Waals surface area contributed by atoms with Crippen LogP contribution in [0.5, 0.6) is 0 Å². The van der Waals surface area contributed by atoms with Crippen molar-refractivity contribution >= 4 is 5.69 Å². The van der Waals surface area contributed by atoms with Crippen LogP contribution in [0.25, 0.3) is 0 Å². The summed E-state index contributed by atoms with van der Waals surface area (Å²) in [5.41, 5.74) is 2.55. The van der Waals surface area contributed by atoms with Gasteiger partial charge in [-0.05, 0) is 48.4 Å². The highest BCUT2D eigenvalue weighted by Crippen LogP contribution is 2.36. The second-order valence-electron chi connectivity index (χ2n) is 5.27. The molecule has 4 heteroatoms. The first kappa shape index (κ1) is 13.6. The largest absolute Gasteiger partial charge is 0.391 e. The van der Waals surface area contributed by atoms with E-state index in [0.717, 1.165) is 11.3 Å². The molecule has 0 unspecified atom stereocenters. The topological polar surface area (TPSA) is 47.3 Å². The smallest absolute Gasteiger partial charge is 0.123 e. The van der Waals surface area contributed by atoms with E-state index in [2.05, 4.69) is 11.0 Å². The van der Waals surface area contributed by atoms with Gasteiger partial charge in [-0.25, -0.2) is 4.39 Å². The first-order valence-electron chi connectivity index (χ1n) is 6.87. The van der Waals surface area contributed by atoms with Crippen molar-refractivity contribution in [2.24, 2.45) is 0 Å². The molecule has 106 valence electrons. The number of aliphatic hydroxyl groups is 1. The molecule has 1 saturated heterocycles. The maximum atomic E-state index is 13.1. The summed E-state index contributed by atoms with van der Waals surface area (Å²) in [6.07, 6.45) is 0.210. The summed E-state index contributed by atoms with van der Waals surface area (Å²) in [6, 6.07) is 15.8. The first-order valence-corrected chi connectivity index (χ1v) is 6.87. The lowest BCUT2D eigenvalue weighted by molar-refractivity contribution is 0.194. The third kappa shape index (κ3) is 2.74. The molecule has 3 nitrogen and oxygen atoms in total. The standard InChI is InChI=1S/C17H15FN2O/c18-14-5-3-13(4-6-14)17-9-16(21)11-20(17)15-7-1-12(10-19)2-8-15/h1-8,16-17,21H,9,11H2/t16-,17-/m0/s1. The maximum absolute atomic E-state index is 13.1. The lowest BCUT2D eigenvalue weighted by atomic mass is 10.0. The van der Waals surface area contributed by atoms with Crippen molar-refractivity contribution in [3.63, 3.8) is 0 Å². The molecule has 0 saturated carbocycles. The third-order valence-corrected chi connectivity index (χ3v) is 3.86. The van der Waals surface area contributed by atoms with Crippen molar-refractivity contribution in [3.8, 4) is 6.07 Å². The van der Waals surface area contributed by atoms with Crippen LogP contribution in [-0.2, 0) is 0 Å². The molecule has 3 rings (SSSR count). The SMILES string of the molecule is N#Cc1ccc(N2C[C@@H](O)C[C@H]2c2ccc(F)cc2)cc1. The average Bonchev–Trinajstić information content (AvgIpc) is 2.90. The van der Waals surface area contributed by atoms with Gasteiger partial charge in [-0.1, -0.05) is 12.1 Å². The van der Waals surface area contributed by atoms with Gasteiger partial charge in [-0.2, -0.15) is 5.26 Å². The maximum Gasteiger partial charge on any atom is 0.123 e. The molecular weight excluding hydrogens is 267 g/mol. The molecule has 2 atom stereocenters. The lowest BCUT2D eigenvalue weighted by Crippen LogP contribution is -2.24. The van der Waals surface area contributed by atoms with Crippen LogP contribution in [0.1, 0.15) is 23.6 Å².